The van der Waals surface area contributed by atoms with Crippen molar-refractivity contribution in [1.82, 2.24) is 20.1 Å². The first kappa shape index (κ1) is 17.4. The van der Waals surface area contributed by atoms with Gasteiger partial charge in [-0.25, -0.2) is 9.97 Å². The van der Waals surface area contributed by atoms with Crippen LogP contribution in [-0.2, 0) is 17.5 Å². The molecular formula is C14H17F3N6O2. The van der Waals surface area contributed by atoms with Crippen LogP contribution in [0.15, 0.2) is 16.9 Å². The molecule has 0 saturated carbocycles. The van der Waals surface area contributed by atoms with Crippen molar-refractivity contribution in [2.75, 3.05) is 30.4 Å². The molecule has 0 atom stereocenters. The molecule has 0 unspecified atom stereocenters. The standard InChI is InChI=1S/C14H17F3N6O2/c1-24-7-12-21-13(25-22-12)23-4-2-9(3-5-23)20-11-6-10(14(15,16)17)18-8-19-11/h6,8-9H,2-5,7H2,1H3,(H,18,19,20). The SMILES string of the molecule is COCc1noc(N2CCC(Nc3cc(C(F)(F)F)ncn3)CC2)n1. The predicted molar refractivity (Wildman–Crippen MR) is 80.9 cm³/mol. The number of halogens is 3. The number of aromatic nitrogens is 4. The number of alkyl halides is 3. The van der Waals surface area contributed by atoms with E-state index in [0.29, 0.717) is 37.8 Å². The van der Waals surface area contributed by atoms with Crippen LogP contribution < -0.4 is 10.2 Å². The van der Waals surface area contributed by atoms with Gasteiger partial charge in [-0.3, -0.25) is 0 Å². The van der Waals surface area contributed by atoms with E-state index in [2.05, 4.69) is 25.4 Å². The number of ether oxygens (including phenoxy) is 1. The summed E-state index contributed by atoms with van der Waals surface area (Å²) >= 11 is 0. The molecule has 0 bridgehead atoms. The fourth-order valence-corrected chi connectivity index (χ4v) is 2.58. The highest BCUT2D eigenvalue weighted by molar-refractivity contribution is 5.37. The normalized spacial score (nSPS) is 16.2. The molecule has 0 radical (unpaired) electrons. The smallest absolute Gasteiger partial charge is 0.377 e. The monoisotopic (exact) mass is 358 g/mol. The summed E-state index contributed by atoms with van der Waals surface area (Å²) in [6, 6.07) is 1.35. The van der Waals surface area contributed by atoms with Crippen LogP contribution in [0.2, 0.25) is 0 Å². The molecule has 3 heterocycles. The molecule has 0 amide bonds. The minimum atomic E-state index is -4.49. The maximum atomic E-state index is 12.7. The number of hydrogen-bond acceptors (Lipinski definition) is 8. The van der Waals surface area contributed by atoms with E-state index >= 15 is 0 Å². The molecule has 1 saturated heterocycles. The fraction of sp³-hybridized carbons (Fsp3) is 0.571. The molecule has 1 aliphatic rings. The summed E-state index contributed by atoms with van der Waals surface area (Å²) in [5.41, 5.74) is -0.959. The maximum Gasteiger partial charge on any atom is 0.433 e. The third-order valence-electron chi connectivity index (χ3n) is 3.81. The number of rotatable bonds is 5. The summed E-state index contributed by atoms with van der Waals surface area (Å²) < 4.78 is 48.2. The Morgan fingerprint density at radius 3 is 2.76 bits per heavy atom. The summed E-state index contributed by atoms with van der Waals surface area (Å²) in [6.45, 7) is 1.56. The van der Waals surface area contributed by atoms with Gasteiger partial charge in [-0.15, -0.1) is 0 Å². The minimum absolute atomic E-state index is 0.00796. The van der Waals surface area contributed by atoms with Gasteiger partial charge in [0.15, 0.2) is 5.82 Å². The van der Waals surface area contributed by atoms with Crippen molar-refractivity contribution in [2.24, 2.45) is 0 Å². The summed E-state index contributed by atoms with van der Waals surface area (Å²) in [5, 5.41) is 6.84. The van der Waals surface area contributed by atoms with E-state index in [0.717, 1.165) is 12.4 Å². The van der Waals surface area contributed by atoms with E-state index in [-0.39, 0.29) is 18.5 Å². The van der Waals surface area contributed by atoms with E-state index < -0.39 is 11.9 Å². The average Bonchev–Trinajstić information content (AvgIpc) is 3.04. The zero-order valence-corrected chi connectivity index (χ0v) is 13.5. The summed E-state index contributed by atoms with van der Waals surface area (Å²) in [6.07, 6.45) is -2.17. The van der Waals surface area contributed by atoms with Crippen molar-refractivity contribution < 1.29 is 22.4 Å². The van der Waals surface area contributed by atoms with E-state index in [4.69, 9.17) is 9.26 Å². The highest BCUT2D eigenvalue weighted by Crippen LogP contribution is 2.28. The molecule has 2 aromatic heterocycles. The second-order valence-corrected chi connectivity index (χ2v) is 5.62. The van der Waals surface area contributed by atoms with Crippen molar-refractivity contribution in [3.05, 3.63) is 23.9 Å². The largest absolute Gasteiger partial charge is 0.433 e. The summed E-state index contributed by atoms with van der Waals surface area (Å²) in [4.78, 5) is 13.3. The van der Waals surface area contributed by atoms with Crippen LogP contribution in [0.5, 0.6) is 0 Å². The molecule has 0 aromatic carbocycles. The highest BCUT2D eigenvalue weighted by Gasteiger charge is 2.33. The van der Waals surface area contributed by atoms with Gasteiger partial charge in [-0.2, -0.15) is 18.2 Å². The van der Waals surface area contributed by atoms with Crippen LogP contribution in [-0.4, -0.2) is 46.3 Å². The van der Waals surface area contributed by atoms with Crippen LogP contribution in [0, 0.1) is 0 Å². The lowest BCUT2D eigenvalue weighted by Gasteiger charge is -2.31. The molecule has 0 aliphatic carbocycles. The average molecular weight is 358 g/mol. The Morgan fingerprint density at radius 2 is 2.08 bits per heavy atom. The molecule has 2 aromatic rings. The number of nitrogens with zero attached hydrogens (tertiary/aromatic N) is 5. The summed E-state index contributed by atoms with van der Waals surface area (Å²) in [5.74, 6) is 0.638. The van der Waals surface area contributed by atoms with Crippen molar-refractivity contribution in [3.8, 4) is 0 Å². The maximum absolute atomic E-state index is 12.7. The first-order valence-corrected chi connectivity index (χ1v) is 7.68. The van der Waals surface area contributed by atoms with Gasteiger partial charge in [-0.1, -0.05) is 5.16 Å². The number of hydrogen-bond donors (Lipinski definition) is 1. The molecule has 0 spiro atoms. The lowest BCUT2D eigenvalue weighted by molar-refractivity contribution is -0.141. The van der Waals surface area contributed by atoms with Gasteiger partial charge in [0.25, 0.3) is 0 Å². The van der Waals surface area contributed by atoms with Crippen LogP contribution in [0.1, 0.15) is 24.4 Å². The van der Waals surface area contributed by atoms with Crippen LogP contribution in [0.4, 0.5) is 25.0 Å². The second kappa shape index (κ2) is 7.21. The topological polar surface area (TPSA) is 89.2 Å². The third-order valence-corrected chi connectivity index (χ3v) is 3.81. The number of nitrogens with one attached hydrogen (secondary N) is 1. The number of anilines is 2. The molecule has 1 aliphatic heterocycles. The Kier molecular flexibility index (Phi) is 5.02. The molecular weight excluding hydrogens is 341 g/mol. The van der Waals surface area contributed by atoms with Gasteiger partial charge in [0.1, 0.15) is 24.4 Å². The fourth-order valence-electron chi connectivity index (χ4n) is 2.58. The minimum Gasteiger partial charge on any atom is -0.377 e. The molecule has 1 N–H and O–H groups in total. The lowest BCUT2D eigenvalue weighted by atomic mass is 10.1. The molecule has 3 rings (SSSR count). The Hall–Kier alpha value is -2.43. The Bertz CT molecular complexity index is 700. The second-order valence-electron chi connectivity index (χ2n) is 5.62. The van der Waals surface area contributed by atoms with E-state index in [1.807, 2.05) is 4.90 Å². The molecule has 11 heteroatoms. The Morgan fingerprint density at radius 1 is 1.32 bits per heavy atom. The van der Waals surface area contributed by atoms with Crippen molar-refractivity contribution >= 4 is 11.8 Å². The van der Waals surface area contributed by atoms with Crippen LogP contribution in [0.25, 0.3) is 0 Å². The predicted octanol–water partition coefficient (Wildman–Crippen LogP) is 2.11. The van der Waals surface area contributed by atoms with Crippen molar-refractivity contribution in [2.45, 2.75) is 31.7 Å². The van der Waals surface area contributed by atoms with Gasteiger partial charge in [0.05, 0.1) is 0 Å². The third kappa shape index (κ3) is 4.35. The Labute approximate surface area is 141 Å². The van der Waals surface area contributed by atoms with Gasteiger partial charge in [0.2, 0.25) is 0 Å². The first-order chi connectivity index (χ1) is 12.0. The Balaban J connectivity index is 1.55. The lowest BCUT2D eigenvalue weighted by Crippen LogP contribution is -2.39. The molecule has 25 heavy (non-hydrogen) atoms. The van der Waals surface area contributed by atoms with Gasteiger partial charge < -0.3 is 19.5 Å². The van der Waals surface area contributed by atoms with Crippen molar-refractivity contribution in [1.29, 1.82) is 0 Å². The van der Waals surface area contributed by atoms with Crippen LogP contribution >= 0.6 is 0 Å². The summed E-state index contributed by atoms with van der Waals surface area (Å²) in [7, 11) is 1.55. The van der Waals surface area contributed by atoms with Gasteiger partial charge in [-0.05, 0) is 12.8 Å². The zero-order chi connectivity index (χ0) is 17.9. The molecule has 136 valence electrons. The van der Waals surface area contributed by atoms with Gasteiger partial charge in [0, 0.05) is 32.3 Å². The molecule has 1 fully saturated rings. The van der Waals surface area contributed by atoms with E-state index in [1.165, 1.54) is 0 Å². The van der Waals surface area contributed by atoms with Crippen LogP contribution in [0.3, 0.4) is 0 Å². The van der Waals surface area contributed by atoms with Crippen molar-refractivity contribution in [3.63, 3.8) is 0 Å². The number of piperidine rings is 1. The number of methoxy groups -OCH3 is 1. The first-order valence-electron chi connectivity index (χ1n) is 7.68. The quantitative estimate of drug-likeness (QED) is 0.869. The molecule has 8 nitrogen and oxygen atoms in total. The van der Waals surface area contributed by atoms with E-state index in [1.54, 1.807) is 7.11 Å². The highest BCUT2D eigenvalue weighted by atomic mass is 19.4. The zero-order valence-electron chi connectivity index (χ0n) is 13.5. The van der Waals surface area contributed by atoms with Gasteiger partial charge >= 0.3 is 12.2 Å². The van der Waals surface area contributed by atoms with E-state index in [9.17, 15) is 13.2 Å².